The molecule has 0 aliphatic heterocycles. The Balaban J connectivity index is 1.94. The number of nitrogens with two attached hydrogens (primary N) is 1. The lowest BCUT2D eigenvalue weighted by Gasteiger charge is -2.21. The van der Waals surface area contributed by atoms with Gasteiger partial charge in [0.1, 0.15) is 0 Å². The van der Waals surface area contributed by atoms with Crippen molar-refractivity contribution in [3.05, 3.63) is 0 Å². The van der Waals surface area contributed by atoms with E-state index in [4.69, 9.17) is 5.84 Å². The van der Waals surface area contributed by atoms with Gasteiger partial charge in [0, 0.05) is 6.42 Å². The minimum absolute atomic E-state index is 0.0337. The monoisotopic (exact) mass is 198 g/mol. The van der Waals surface area contributed by atoms with Crippen molar-refractivity contribution in [1.29, 1.82) is 0 Å². The molecule has 1 fully saturated rings. The van der Waals surface area contributed by atoms with Crippen molar-refractivity contribution in [3.8, 4) is 0 Å². The Morgan fingerprint density at radius 3 is 2.57 bits per heavy atom. The van der Waals surface area contributed by atoms with Crippen molar-refractivity contribution in [2.45, 2.75) is 57.8 Å². The molecule has 3 N–H and O–H groups in total. The summed E-state index contributed by atoms with van der Waals surface area (Å²) in [6.07, 6.45) is 11.1. The summed E-state index contributed by atoms with van der Waals surface area (Å²) >= 11 is 0. The summed E-state index contributed by atoms with van der Waals surface area (Å²) in [6.45, 7) is 0. The summed E-state index contributed by atoms with van der Waals surface area (Å²) in [5.74, 6) is 5.90. The lowest BCUT2D eigenvalue weighted by Crippen LogP contribution is -2.29. The van der Waals surface area contributed by atoms with Crippen LogP contribution in [0.4, 0.5) is 0 Å². The van der Waals surface area contributed by atoms with Crippen LogP contribution in [0.15, 0.2) is 0 Å². The summed E-state index contributed by atoms with van der Waals surface area (Å²) in [4.78, 5) is 10.8. The molecule has 14 heavy (non-hydrogen) atoms. The number of nitrogens with one attached hydrogen (secondary N) is 1. The first-order chi connectivity index (χ1) is 6.83. The lowest BCUT2D eigenvalue weighted by molar-refractivity contribution is -0.121. The van der Waals surface area contributed by atoms with Crippen LogP contribution in [0.5, 0.6) is 0 Å². The van der Waals surface area contributed by atoms with E-state index < -0.39 is 0 Å². The van der Waals surface area contributed by atoms with Crippen molar-refractivity contribution in [1.82, 2.24) is 5.43 Å². The zero-order chi connectivity index (χ0) is 10.2. The number of rotatable bonds is 5. The molecule has 1 amide bonds. The molecule has 0 aromatic carbocycles. The number of carbonyl (C=O) groups is 1. The van der Waals surface area contributed by atoms with Crippen molar-refractivity contribution in [3.63, 3.8) is 0 Å². The fourth-order valence-electron chi connectivity index (χ4n) is 2.27. The molecule has 0 aromatic heterocycles. The molecular formula is C11H22N2O. The first kappa shape index (κ1) is 11.5. The van der Waals surface area contributed by atoms with Crippen LogP contribution in [0, 0.1) is 5.92 Å². The van der Waals surface area contributed by atoms with Crippen molar-refractivity contribution >= 4 is 5.91 Å². The van der Waals surface area contributed by atoms with E-state index >= 15 is 0 Å². The van der Waals surface area contributed by atoms with Gasteiger partial charge in [0.25, 0.3) is 0 Å². The van der Waals surface area contributed by atoms with E-state index in [2.05, 4.69) is 5.43 Å². The van der Waals surface area contributed by atoms with Gasteiger partial charge in [0.2, 0.25) is 5.91 Å². The molecular weight excluding hydrogens is 176 g/mol. The molecule has 0 unspecified atom stereocenters. The third kappa shape index (κ3) is 4.61. The number of amides is 1. The Morgan fingerprint density at radius 1 is 1.21 bits per heavy atom. The van der Waals surface area contributed by atoms with Gasteiger partial charge < -0.3 is 0 Å². The summed E-state index contributed by atoms with van der Waals surface area (Å²) in [7, 11) is 0. The Kier molecular flexibility index (Phi) is 5.60. The van der Waals surface area contributed by atoms with Crippen LogP contribution in [-0.2, 0) is 4.79 Å². The molecule has 0 radical (unpaired) electrons. The van der Waals surface area contributed by atoms with E-state index in [-0.39, 0.29) is 5.91 Å². The van der Waals surface area contributed by atoms with Gasteiger partial charge in [-0.15, -0.1) is 0 Å². The Labute approximate surface area is 86.4 Å². The minimum Gasteiger partial charge on any atom is -0.294 e. The Bertz CT molecular complexity index is 165. The number of unbranched alkanes of at least 4 members (excludes halogenated alkanes) is 1. The highest BCUT2D eigenvalue weighted by Crippen LogP contribution is 2.27. The highest BCUT2D eigenvalue weighted by atomic mass is 16.2. The van der Waals surface area contributed by atoms with Gasteiger partial charge in [-0.3, -0.25) is 10.2 Å². The SMILES string of the molecule is NNC(=O)CCCCC1CCCCC1. The van der Waals surface area contributed by atoms with E-state index in [0.717, 1.165) is 12.3 Å². The predicted octanol–water partition coefficient (Wildman–Crippen LogP) is 2.12. The summed E-state index contributed by atoms with van der Waals surface area (Å²) in [5.41, 5.74) is 2.16. The van der Waals surface area contributed by atoms with Crippen molar-refractivity contribution in [2.24, 2.45) is 11.8 Å². The predicted molar refractivity (Wildman–Crippen MR) is 57.4 cm³/mol. The molecule has 3 nitrogen and oxygen atoms in total. The molecule has 1 saturated carbocycles. The molecule has 0 aromatic rings. The molecule has 1 rings (SSSR count). The quantitative estimate of drug-likeness (QED) is 0.308. The zero-order valence-electron chi connectivity index (χ0n) is 8.93. The second-order valence-corrected chi connectivity index (χ2v) is 4.32. The lowest BCUT2D eigenvalue weighted by atomic mass is 9.85. The van der Waals surface area contributed by atoms with Crippen LogP contribution in [0.25, 0.3) is 0 Å². The first-order valence-corrected chi connectivity index (χ1v) is 5.82. The summed E-state index contributed by atoms with van der Waals surface area (Å²) < 4.78 is 0. The van der Waals surface area contributed by atoms with Crippen LogP contribution in [-0.4, -0.2) is 5.91 Å². The topological polar surface area (TPSA) is 55.1 Å². The largest absolute Gasteiger partial charge is 0.294 e. The Hall–Kier alpha value is -0.570. The van der Waals surface area contributed by atoms with Gasteiger partial charge in [0.15, 0.2) is 0 Å². The highest BCUT2D eigenvalue weighted by Gasteiger charge is 2.12. The van der Waals surface area contributed by atoms with Crippen molar-refractivity contribution in [2.75, 3.05) is 0 Å². The number of hydrogen-bond acceptors (Lipinski definition) is 2. The number of hydrogen-bond donors (Lipinski definition) is 2. The third-order valence-corrected chi connectivity index (χ3v) is 3.15. The van der Waals surface area contributed by atoms with Crippen molar-refractivity contribution < 1.29 is 4.79 Å². The highest BCUT2D eigenvalue weighted by molar-refractivity contribution is 5.74. The molecule has 0 atom stereocenters. The smallest absolute Gasteiger partial charge is 0.233 e. The second kappa shape index (κ2) is 6.82. The average molecular weight is 198 g/mol. The molecule has 0 spiro atoms. The number of carbonyl (C=O) groups excluding carboxylic acids is 1. The Morgan fingerprint density at radius 2 is 1.93 bits per heavy atom. The van der Waals surface area contributed by atoms with Gasteiger partial charge >= 0.3 is 0 Å². The third-order valence-electron chi connectivity index (χ3n) is 3.15. The maximum atomic E-state index is 10.8. The van der Waals surface area contributed by atoms with E-state index in [0.29, 0.717) is 6.42 Å². The van der Waals surface area contributed by atoms with E-state index in [1.807, 2.05) is 0 Å². The normalized spacial score (nSPS) is 18.1. The summed E-state index contributed by atoms with van der Waals surface area (Å²) in [6, 6.07) is 0. The van der Waals surface area contributed by atoms with Gasteiger partial charge in [-0.25, -0.2) is 5.84 Å². The van der Waals surface area contributed by atoms with E-state index in [1.54, 1.807) is 0 Å². The molecule has 0 bridgehead atoms. The second-order valence-electron chi connectivity index (χ2n) is 4.32. The average Bonchev–Trinajstić information content (AvgIpc) is 2.25. The van der Waals surface area contributed by atoms with Gasteiger partial charge in [-0.1, -0.05) is 44.9 Å². The first-order valence-electron chi connectivity index (χ1n) is 5.82. The maximum Gasteiger partial charge on any atom is 0.233 e. The maximum absolute atomic E-state index is 10.8. The fourth-order valence-corrected chi connectivity index (χ4v) is 2.27. The molecule has 3 heteroatoms. The molecule has 0 heterocycles. The van der Waals surface area contributed by atoms with E-state index in [9.17, 15) is 4.79 Å². The molecule has 0 saturated heterocycles. The fraction of sp³-hybridized carbons (Fsp3) is 0.909. The van der Waals surface area contributed by atoms with Gasteiger partial charge in [-0.2, -0.15) is 0 Å². The van der Waals surface area contributed by atoms with Gasteiger partial charge in [0.05, 0.1) is 0 Å². The van der Waals surface area contributed by atoms with Crippen LogP contribution in [0.1, 0.15) is 57.8 Å². The number of hydrazine groups is 1. The molecule has 82 valence electrons. The van der Waals surface area contributed by atoms with Crippen LogP contribution in [0.2, 0.25) is 0 Å². The van der Waals surface area contributed by atoms with Gasteiger partial charge in [-0.05, 0) is 12.3 Å². The standard InChI is InChI=1S/C11H22N2O/c12-13-11(14)9-5-4-8-10-6-2-1-3-7-10/h10H,1-9,12H2,(H,13,14). The van der Waals surface area contributed by atoms with Crippen LogP contribution >= 0.6 is 0 Å². The summed E-state index contributed by atoms with van der Waals surface area (Å²) in [5, 5.41) is 0. The molecule has 1 aliphatic carbocycles. The zero-order valence-corrected chi connectivity index (χ0v) is 8.93. The van der Waals surface area contributed by atoms with E-state index in [1.165, 1.54) is 44.9 Å². The molecule has 1 aliphatic rings. The van der Waals surface area contributed by atoms with Crippen LogP contribution < -0.4 is 11.3 Å². The van der Waals surface area contributed by atoms with Crippen LogP contribution in [0.3, 0.4) is 0 Å². The minimum atomic E-state index is -0.0337.